The Kier molecular flexibility index (Phi) is 6.57. The van der Waals surface area contributed by atoms with Gasteiger partial charge in [0.25, 0.3) is 0 Å². The molecule has 2 heterocycles. The Hall–Kier alpha value is -5.05. The standard InChI is InChI=1S/C29H24FN5O3/c1-16(35-28-24(27(32)33-15-34-28)25(31)18-12-19(30)14-20(36)13-18)26-23(17-8-4-2-3-5-9-17)21-10-6-7-11-22(21)29(37)38-26/h2-8,10-16,31,36H,9H2,1H3,(H3,32,33,34,35). The van der Waals surface area contributed by atoms with Crippen LogP contribution in [0.5, 0.6) is 5.75 Å². The van der Waals surface area contributed by atoms with Gasteiger partial charge >= 0.3 is 5.63 Å². The molecule has 0 saturated carbocycles. The third kappa shape index (κ3) is 4.69. The van der Waals surface area contributed by atoms with Crippen LogP contribution in [0.2, 0.25) is 0 Å². The summed E-state index contributed by atoms with van der Waals surface area (Å²) in [6.45, 7) is 1.80. The van der Waals surface area contributed by atoms with Gasteiger partial charge < -0.3 is 20.6 Å². The molecular weight excluding hydrogens is 485 g/mol. The van der Waals surface area contributed by atoms with Gasteiger partial charge in [0.2, 0.25) is 0 Å². The molecule has 8 nitrogen and oxygen atoms in total. The number of aromatic nitrogens is 2. The van der Waals surface area contributed by atoms with Crippen LogP contribution in [0.3, 0.4) is 0 Å². The Morgan fingerprint density at radius 2 is 1.95 bits per heavy atom. The molecule has 0 fully saturated rings. The molecule has 5 rings (SSSR count). The van der Waals surface area contributed by atoms with E-state index in [0.29, 0.717) is 17.6 Å². The van der Waals surface area contributed by atoms with E-state index in [4.69, 9.17) is 15.6 Å². The molecule has 4 aromatic rings. The van der Waals surface area contributed by atoms with E-state index in [-0.39, 0.29) is 34.2 Å². The lowest BCUT2D eigenvalue weighted by Crippen LogP contribution is -2.18. The summed E-state index contributed by atoms with van der Waals surface area (Å²) in [5.41, 5.74) is 7.43. The molecule has 9 heteroatoms. The van der Waals surface area contributed by atoms with Crippen LogP contribution in [-0.4, -0.2) is 20.8 Å². The van der Waals surface area contributed by atoms with E-state index in [1.165, 1.54) is 12.4 Å². The number of hydrogen-bond acceptors (Lipinski definition) is 8. The van der Waals surface area contributed by atoms with Crippen LogP contribution in [0.4, 0.5) is 16.0 Å². The highest BCUT2D eigenvalue weighted by atomic mass is 19.1. The maximum Gasteiger partial charge on any atom is 0.343 e. The van der Waals surface area contributed by atoms with E-state index >= 15 is 0 Å². The van der Waals surface area contributed by atoms with Crippen LogP contribution >= 0.6 is 0 Å². The Morgan fingerprint density at radius 1 is 1.16 bits per heavy atom. The molecule has 0 saturated heterocycles. The number of fused-ring (bicyclic) bond motifs is 1. The third-order valence-electron chi connectivity index (χ3n) is 6.22. The average molecular weight is 510 g/mol. The first kappa shape index (κ1) is 24.6. The molecule has 1 aliphatic rings. The van der Waals surface area contributed by atoms with E-state index < -0.39 is 17.5 Å². The van der Waals surface area contributed by atoms with Crippen LogP contribution in [0.25, 0.3) is 16.3 Å². The summed E-state index contributed by atoms with van der Waals surface area (Å²) in [5.74, 6) is -0.460. The number of nitrogen functional groups attached to an aromatic ring is 1. The van der Waals surface area contributed by atoms with Crippen molar-refractivity contribution in [1.29, 1.82) is 5.41 Å². The van der Waals surface area contributed by atoms with Crippen LogP contribution in [-0.2, 0) is 0 Å². The number of nitrogens with one attached hydrogen (secondary N) is 2. The van der Waals surface area contributed by atoms with Gasteiger partial charge in [0.1, 0.15) is 35.3 Å². The molecular formula is C29H24FN5O3. The number of rotatable bonds is 6. The predicted molar refractivity (Wildman–Crippen MR) is 146 cm³/mol. The summed E-state index contributed by atoms with van der Waals surface area (Å²) in [4.78, 5) is 21.2. The summed E-state index contributed by atoms with van der Waals surface area (Å²) in [6, 6.07) is 9.99. The molecule has 2 aromatic carbocycles. The first-order chi connectivity index (χ1) is 18.3. The van der Waals surface area contributed by atoms with Crippen LogP contribution in [0.1, 0.15) is 41.8 Å². The van der Waals surface area contributed by atoms with Crippen molar-refractivity contribution in [3.8, 4) is 5.75 Å². The zero-order valence-corrected chi connectivity index (χ0v) is 20.4. The lowest BCUT2D eigenvalue weighted by atomic mass is 9.93. The van der Waals surface area contributed by atoms with E-state index in [1.54, 1.807) is 19.1 Å². The van der Waals surface area contributed by atoms with E-state index in [0.717, 1.165) is 28.7 Å². The normalized spacial score (nSPS) is 13.7. The van der Waals surface area contributed by atoms with Gasteiger partial charge in [0.05, 0.1) is 22.7 Å². The molecule has 2 aromatic heterocycles. The zero-order chi connectivity index (χ0) is 26.8. The SMILES string of the molecule is CC(Nc1ncnc(N)c1C(=N)c1cc(O)cc(F)c1)c1oc(=O)c2ccccc2c1C1=CC=CC=CC1. The molecule has 0 bridgehead atoms. The summed E-state index contributed by atoms with van der Waals surface area (Å²) >= 11 is 0. The second-order valence-electron chi connectivity index (χ2n) is 8.81. The first-order valence-corrected chi connectivity index (χ1v) is 11.9. The maximum absolute atomic E-state index is 14.0. The van der Waals surface area contributed by atoms with Gasteiger partial charge in [-0.05, 0) is 42.5 Å². The fourth-order valence-electron chi connectivity index (χ4n) is 4.51. The topological polar surface area (TPSA) is 138 Å². The van der Waals surface area contributed by atoms with Crippen molar-refractivity contribution >= 4 is 33.7 Å². The predicted octanol–water partition coefficient (Wildman–Crippen LogP) is 5.50. The minimum Gasteiger partial charge on any atom is -0.508 e. The number of anilines is 2. The smallest absolute Gasteiger partial charge is 0.343 e. The number of allylic oxidation sites excluding steroid dienone is 6. The van der Waals surface area contributed by atoms with Crippen molar-refractivity contribution in [3.05, 3.63) is 118 Å². The van der Waals surface area contributed by atoms with Gasteiger partial charge in [-0.3, -0.25) is 5.41 Å². The highest BCUT2D eigenvalue weighted by Gasteiger charge is 2.24. The van der Waals surface area contributed by atoms with Gasteiger partial charge in [-0.2, -0.15) is 0 Å². The highest BCUT2D eigenvalue weighted by Crippen LogP contribution is 2.35. The van der Waals surface area contributed by atoms with Crippen molar-refractivity contribution < 1.29 is 13.9 Å². The molecule has 1 aliphatic carbocycles. The van der Waals surface area contributed by atoms with Crippen molar-refractivity contribution in [1.82, 2.24) is 9.97 Å². The molecule has 5 N–H and O–H groups in total. The minimum atomic E-state index is -0.703. The second kappa shape index (κ2) is 10.1. The Bertz CT molecular complexity index is 1700. The summed E-state index contributed by atoms with van der Waals surface area (Å²) < 4.78 is 19.8. The average Bonchev–Trinajstić information content (AvgIpc) is 3.17. The van der Waals surface area contributed by atoms with Gasteiger partial charge in [-0.15, -0.1) is 0 Å². The number of nitrogens with two attached hydrogens (primary N) is 1. The molecule has 1 atom stereocenters. The highest BCUT2D eigenvalue weighted by molar-refractivity contribution is 6.16. The Morgan fingerprint density at radius 3 is 2.74 bits per heavy atom. The van der Waals surface area contributed by atoms with Gasteiger partial charge in [0, 0.05) is 17.2 Å². The van der Waals surface area contributed by atoms with E-state index in [2.05, 4.69) is 15.3 Å². The summed E-state index contributed by atoms with van der Waals surface area (Å²) in [6.07, 6.45) is 11.7. The number of phenolic OH excluding ortho intramolecular Hbond substituents is 1. The molecule has 0 aliphatic heterocycles. The number of benzene rings is 2. The summed E-state index contributed by atoms with van der Waals surface area (Å²) in [5, 5.41) is 23.0. The monoisotopic (exact) mass is 509 g/mol. The van der Waals surface area contributed by atoms with Crippen molar-refractivity contribution in [2.75, 3.05) is 11.1 Å². The van der Waals surface area contributed by atoms with Crippen molar-refractivity contribution in [2.45, 2.75) is 19.4 Å². The minimum absolute atomic E-state index is 0.00890. The van der Waals surface area contributed by atoms with Crippen molar-refractivity contribution in [3.63, 3.8) is 0 Å². The largest absolute Gasteiger partial charge is 0.508 e. The lowest BCUT2D eigenvalue weighted by Gasteiger charge is -2.21. The van der Waals surface area contributed by atoms with Crippen LogP contribution in [0, 0.1) is 11.2 Å². The Labute approximate surface area is 217 Å². The molecule has 0 radical (unpaired) electrons. The van der Waals surface area contributed by atoms with Crippen molar-refractivity contribution in [2.24, 2.45) is 0 Å². The molecule has 38 heavy (non-hydrogen) atoms. The van der Waals surface area contributed by atoms with Crippen LogP contribution < -0.4 is 16.7 Å². The van der Waals surface area contributed by atoms with Gasteiger partial charge in [-0.1, -0.05) is 48.6 Å². The quantitative estimate of drug-likeness (QED) is 0.252. The molecule has 190 valence electrons. The number of halogens is 1. The number of phenols is 1. The maximum atomic E-state index is 14.0. The first-order valence-electron chi connectivity index (χ1n) is 11.9. The molecule has 1 unspecified atom stereocenters. The summed E-state index contributed by atoms with van der Waals surface area (Å²) in [7, 11) is 0. The van der Waals surface area contributed by atoms with Gasteiger partial charge in [0.15, 0.2) is 0 Å². The fraction of sp³-hybridized carbons (Fsp3) is 0.103. The van der Waals surface area contributed by atoms with Crippen LogP contribution in [0.15, 0.2) is 88.4 Å². The fourth-order valence-corrected chi connectivity index (χ4v) is 4.51. The van der Waals surface area contributed by atoms with E-state index in [1.807, 2.05) is 42.5 Å². The number of nitrogens with zero attached hydrogens (tertiary/aromatic N) is 2. The number of aromatic hydroxyl groups is 1. The molecule has 0 spiro atoms. The third-order valence-corrected chi connectivity index (χ3v) is 6.22. The lowest BCUT2D eigenvalue weighted by molar-refractivity contribution is 0.448. The molecule has 0 amide bonds. The second-order valence-corrected chi connectivity index (χ2v) is 8.81. The zero-order valence-electron chi connectivity index (χ0n) is 20.4. The number of hydrogen-bond donors (Lipinski definition) is 4. The van der Waals surface area contributed by atoms with Gasteiger partial charge in [-0.25, -0.2) is 19.2 Å². The van der Waals surface area contributed by atoms with E-state index in [9.17, 15) is 14.3 Å². The Balaban J connectivity index is 1.62.